The average Bonchev–Trinajstić information content (AvgIpc) is 3.24. The molecule has 3 aromatic rings. The molecule has 5 nitrogen and oxygen atoms in total. The van der Waals surface area contributed by atoms with E-state index in [0.29, 0.717) is 17.5 Å². The SMILES string of the molecule is CN(C)C(=O)c1cnn2ccc(N3C[C@@H](F)C[C@@H]3c3cccc(F)c3)cc12. The lowest BCUT2D eigenvalue weighted by atomic mass is 10.0. The Morgan fingerprint density at radius 3 is 2.81 bits per heavy atom. The van der Waals surface area contributed by atoms with Crippen LogP contribution >= 0.6 is 0 Å². The predicted octanol–water partition coefficient (Wildman–Crippen LogP) is 3.46. The summed E-state index contributed by atoms with van der Waals surface area (Å²) >= 11 is 0. The minimum Gasteiger partial charge on any atom is -0.361 e. The van der Waals surface area contributed by atoms with Gasteiger partial charge in [0.2, 0.25) is 0 Å². The van der Waals surface area contributed by atoms with Crippen molar-refractivity contribution in [2.24, 2.45) is 0 Å². The summed E-state index contributed by atoms with van der Waals surface area (Å²) in [6.45, 7) is 0.225. The summed E-state index contributed by atoms with van der Waals surface area (Å²) < 4.78 is 29.5. The molecule has 140 valence electrons. The molecule has 0 N–H and O–H groups in total. The van der Waals surface area contributed by atoms with Crippen LogP contribution in [0.3, 0.4) is 0 Å². The first-order valence-corrected chi connectivity index (χ1v) is 8.79. The number of nitrogens with zero attached hydrogens (tertiary/aromatic N) is 4. The summed E-state index contributed by atoms with van der Waals surface area (Å²) in [7, 11) is 3.37. The van der Waals surface area contributed by atoms with Gasteiger partial charge >= 0.3 is 0 Å². The van der Waals surface area contributed by atoms with Gasteiger partial charge in [0.15, 0.2) is 0 Å². The van der Waals surface area contributed by atoms with E-state index in [2.05, 4.69) is 5.10 Å². The highest BCUT2D eigenvalue weighted by atomic mass is 19.1. The number of benzene rings is 1. The lowest BCUT2D eigenvalue weighted by Gasteiger charge is -2.27. The Bertz CT molecular complexity index is 1000. The van der Waals surface area contributed by atoms with E-state index in [1.807, 2.05) is 23.1 Å². The maximum Gasteiger partial charge on any atom is 0.257 e. The second-order valence-corrected chi connectivity index (χ2v) is 7.03. The van der Waals surface area contributed by atoms with E-state index in [-0.39, 0.29) is 24.3 Å². The van der Waals surface area contributed by atoms with Crippen LogP contribution in [0.1, 0.15) is 28.4 Å². The van der Waals surface area contributed by atoms with Gasteiger partial charge in [0.25, 0.3) is 5.91 Å². The van der Waals surface area contributed by atoms with Crippen LogP contribution in [0, 0.1) is 5.82 Å². The van der Waals surface area contributed by atoms with E-state index >= 15 is 0 Å². The molecule has 0 spiro atoms. The van der Waals surface area contributed by atoms with Crippen molar-refractivity contribution in [2.45, 2.75) is 18.6 Å². The molecular formula is C20H20F2N4O. The van der Waals surface area contributed by atoms with Crippen LogP contribution in [0.15, 0.2) is 48.8 Å². The summed E-state index contributed by atoms with van der Waals surface area (Å²) in [4.78, 5) is 15.8. The Morgan fingerprint density at radius 1 is 1.26 bits per heavy atom. The third-order valence-corrected chi connectivity index (χ3v) is 4.96. The minimum absolute atomic E-state index is 0.145. The number of aromatic nitrogens is 2. The van der Waals surface area contributed by atoms with Crippen molar-refractivity contribution in [3.8, 4) is 0 Å². The molecule has 0 aliphatic carbocycles. The lowest BCUT2D eigenvalue weighted by molar-refractivity contribution is 0.0829. The Labute approximate surface area is 155 Å². The molecule has 1 aliphatic rings. The van der Waals surface area contributed by atoms with Crippen LogP contribution in [-0.2, 0) is 0 Å². The molecule has 1 aromatic carbocycles. The Morgan fingerprint density at radius 2 is 2.07 bits per heavy atom. The number of anilines is 1. The van der Waals surface area contributed by atoms with Gasteiger partial charge in [-0.25, -0.2) is 13.3 Å². The minimum atomic E-state index is -0.998. The quantitative estimate of drug-likeness (QED) is 0.709. The van der Waals surface area contributed by atoms with Gasteiger partial charge in [-0.05, 0) is 29.8 Å². The monoisotopic (exact) mass is 370 g/mol. The maximum absolute atomic E-state index is 14.2. The Hall–Kier alpha value is -2.96. The van der Waals surface area contributed by atoms with E-state index in [1.165, 1.54) is 23.2 Å². The zero-order chi connectivity index (χ0) is 19.1. The maximum atomic E-state index is 14.2. The van der Waals surface area contributed by atoms with Crippen molar-refractivity contribution in [2.75, 3.05) is 25.5 Å². The Balaban J connectivity index is 1.76. The summed E-state index contributed by atoms with van der Waals surface area (Å²) in [5.41, 5.74) is 2.67. The fourth-order valence-corrected chi connectivity index (χ4v) is 3.65. The third-order valence-electron chi connectivity index (χ3n) is 4.96. The smallest absolute Gasteiger partial charge is 0.257 e. The van der Waals surface area contributed by atoms with E-state index < -0.39 is 6.17 Å². The summed E-state index contributed by atoms with van der Waals surface area (Å²) in [6, 6.07) is 9.72. The van der Waals surface area contributed by atoms with Crippen molar-refractivity contribution < 1.29 is 13.6 Å². The number of carbonyl (C=O) groups excluding carboxylic acids is 1. The van der Waals surface area contributed by atoms with Gasteiger partial charge in [-0.15, -0.1) is 0 Å². The summed E-state index contributed by atoms with van der Waals surface area (Å²) in [6.07, 6.45) is 2.60. The molecule has 0 saturated carbocycles. The Kier molecular flexibility index (Phi) is 4.30. The van der Waals surface area contributed by atoms with Crippen LogP contribution in [0.5, 0.6) is 0 Å². The molecule has 27 heavy (non-hydrogen) atoms. The van der Waals surface area contributed by atoms with Crippen LogP contribution in [0.4, 0.5) is 14.5 Å². The fraction of sp³-hybridized carbons (Fsp3) is 0.300. The van der Waals surface area contributed by atoms with Crippen LogP contribution < -0.4 is 4.90 Å². The summed E-state index contributed by atoms with van der Waals surface area (Å²) in [5.74, 6) is -0.478. The van der Waals surface area contributed by atoms with Crippen molar-refractivity contribution in [3.05, 3.63) is 65.7 Å². The van der Waals surface area contributed by atoms with Gasteiger partial charge in [0, 0.05) is 38.9 Å². The normalized spacial score (nSPS) is 19.6. The largest absolute Gasteiger partial charge is 0.361 e. The van der Waals surface area contributed by atoms with E-state index in [0.717, 1.165) is 11.3 Å². The second kappa shape index (κ2) is 6.64. The highest BCUT2D eigenvalue weighted by Crippen LogP contribution is 2.38. The highest BCUT2D eigenvalue weighted by molar-refractivity contribution is 6.00. The number of carbonyl (C=O) groups is 1. The van der Waals surface area contributed by atoms with Gasteiger partial charge in [-0.1, -0.05) is 12.1 Å². The molecule has 1 amide bonds. The summed E-state index contributed by atoms with van der Waals surface area (Å²) in [5, 5.41) is 4.22. The third kappa shape index (κ3) is 3.13. The first kappa shape index (κ1) is 17.5. The topological polar surface area (TPSA) is 40.9 Å². The van der Waals surface area contributed by atoms with Gasteiger partial charge < -0.3 is 9.80 Å². The molecule has 7 heteroatoms. The number of hydrogen-bond donors (Lipinski definition) is 0. The number of hydrogen-bond acceptors (Lipinski definition) is 3. The van der Waals surface area contributed by atoms with Crippen LogP contribution in [0.25, 0.3) is 5.52 Å². The van der Waals surface area contributed by atoms with Crippen molar-refractivity contribution in [1.29, 1.82) is 0 Å². The zero-order valence-corrected chi connectivity index (χ0v) is 15.1. The van der Waals surface area contributed by atoms with Crippen molar-refractivity contribution >= 4 is 17.1 Å². The number of rotatable bonds is 3. The second-order valence-electron chi connectivity index (χ2n) is 7.03. The van der Waals surface area contributed by atoms with Gasteiger partial charge in [0.1, 0.15) is 12.0 Å². The van der Waals surface area contributed by atoms with E-state index in [1.54, 1.807) is 30.9 Å². The standard InChI is InChI=1S/C20H20F2N4O/c1-24(2)20(27)17-11-23-26-7-6-16(10-19(17)26)25-12-15(22)9-18(25)13-4-3-5-14(21)8-13/h3-8,10-11,15,18H,9,12H2,1-2H3/t15-,18+/m0/s1. The number of halogens is 2. The first-order chi connectivity index (χ1) is 12.9. The molecule has 2 aromatic heterocycles. The van der Waals surface area contributed by atoms with E-state index in [4.69, 9.17) is 0 Å². The van der Waals surface area contributed by atoms with Crippen molar-refractivity contribution in [1.82, 2.24) is 14.5 Å². The van der Waals surface area contributed by atoms with E-state index in [9.17, 15) is 13.6 Å². The zero-order valence-electron chi connectivity index (χ0n) is 15.1. The number of pyridine rings is 1. The molecule has 0 bridgehead atoms. The van der Waals surface area contributed by atoms with Gasteiger partial charge in [-0.2, -0.15) is 5.10 Å². The predicted molar refractivity (Wildman–Crippen MR) is 99.2 cm³/mol. The number of fused-ring (bicyclic) bond motifs is 1. The average molecular weight is 370 g/mol. The lowest BCUT2D eigenvalue weighted by Crippen LogP contribution is -2.24. The molecule has 0 radical (unpaired) electrons. The van der Waals surface area contributed by atoms with Gasteiger partial charge in [-0.3, -0.25) is 4.79 Å². The highest BCUT2D eigenvalue weighted by Gasteiger charge is 2.34. The first-order valence-electron chi connectivity index (χ1n) is 8.79. The number of amides is 1. The molecule has 1 aliphatic heterocycles. The molecule has 2 atom stereocenters. The van der Waals surface area contributed by atoms with Crippen LogP contribution in [0.2, 0.25) is 0 Å². The molecule has 1 fully saturated rings. The molecule has 4 rings (SSSR count). The molecular weight excluding hydrogens is 350 g/mol. The van der Waals surface area contributed by atoms with Crippen LogP contribution in [-0.4, -0.2) is 47.2 Å². The van der Waals surface area contributed by atoms with Crippen molar-refractivity contribution in [3.63, 3.8) is 0 Å². The molecule has 1 saturated heterocycles. The fourth-order valence-electron chi connectivity index (χ4n) is 3.65. The molecule has 3 heterocycles. The molecule has 0 unspecified atom stereocenters. The number of alkyl halides is 1. The van der Waals surface area contributed by atoms with Gasteiger partial charge in [0.05, 0.1) is 23.3 Å².